The van der Waals surface area contributed by atoms with E-state index in [1.165, 1.54) is 0 Å². The van der Waals surface area contributed by atoms with E-state index in [1.807, 2.05) is 0 Å². The highest BCUT2D eigenvalue weighted by Gasteiger charge is 2.11. The summed E-state index contributed by atoms with van der Waals surface area (Å²) in [6, 6.07) is 13.1. The van der Waals surface area contributed by atoms with Crippen LogP contribution in [0.3, 0.4) is 0 Å². The van der Waals surface area contributed by atoms with Crippen LogP contribution in [0.5, 0.6) is 5.75 Å². The third kappa shape index (κ3) is 7.24. The summed E-state index contributed by atoms with van der Waals surface area (Å²) in [6.45, 7) is 8.48. The average molecular weight is 412 g/mol. The number of amides is 3. The quantitative estimate of drug-likeness (QED) is 0.576. The molecule has 0 bridgehead atoms. The van der Waals surface area contributed by atoms with Gasteiger partial charge < -0.3 is 10.1 Å². The van der Waals surface area contributed by atoms with E-state index in [9.17, 15) is 14.4 Å². The Balaban J connectivity index is 1.83. The summed E-state index contributed by atoms with van der Waals surface area (Å²) in [5, 5.41) is 2.75. The highest BCUT2D eigenvalue weighted by molar-refractivity contribution is 5.99. The molecule has 0 heterocycles. The van der Waals surface area contributed by atoms with Crippen molar-refractivity contribution in [2.45, 2.75) is 34.1 Å². The Bertz CT molecular complexity index is 859. The van der Waals surface area contributed by atoms with E-state index in [4.69, 9.17) is 4.74 Å². The molecule has 0 aliphatic carbocycles. The molecule has 0 saturated carbocycles. The molecule has 0 aliphatic heterocycles. The number of hydrazine groups is 1. The molecular formula is C23H29N3O4. The fraction of sp³-hybridized carbons (Fsp3) is 0.348. The number of anilines is 1. The number of rotatable bonds is 8. The molecule has 0 aromatic heterocycles. The van der Waals surface area contributed by atoms with Gasteiger partial charge in [0.1, 0.15) is 5.75 Å². The Morgan fingerprint density at radius 1 is 0.800 bits per heavy atom. The zero-order chi connectivity index (χ0) is 22.1. The number of carbonyl (C=O) groups excluding carboxylic acids is 3. The van der Waals surface area contributed by atoms with E-state index < -0.39 is 11.8 Å². The van der Waals surface area contributed by atoms with Crippen molar-refractivity contribution < 1.29 is 19.1 Å². The van der Waals surface area contributed by atoms with Gasteiger partial charge in [-0.15, -0.1) is 0 Å². The van der Waals surface area contributed by atoms with Crippen LogP contribution in [0.25, 0.3) is 0 Å². The second-order valence-corrected chi connectivity index (χ2v) is 7.68. The van der Waals surface area contributed by atoms with Crippen LogP contribution in [0, 0.1) is 11.8 Å². The maximum atomic E-state index is 12.2. The zero-order valence-electron chi connectivity index (χ0n) is 17.8. The van der Waals surface area contributed by atoms with E-state index in [-0.39, 0.29) is 11.8 Å². The maximum Gasteiger partial charge on any atom is 0.269 e. The summed E-state index contributed by atoms with van der Waals surface area (Å²) in [6.07, 6.45) is 0.958. The minimum absolute atomic E-state index is 0.101. The topological polar surface area (TPSA) is 96.5 Å². The van der Waals surface area contributed by atoms with E-state index in [0.29, 0.717) is 35.1 Å². The monoisotopic (exact) mass is 411 g/mol. The van der Waals surface area contributed by atoms with Gasteiger partial charge in [-0.25, -0.2) is 0 Å². The molecule has 160 valence electrons. The molecule has 0 atom stereocenters. The van der Waals surface area contributed by atoms with Gasteiger partial charge >= 0.3 is 0 Å². The van der Waals surface area contributed by atoms with Gasteiger partial charge in [0.15, 0.2) is 0 Å². The molecule has 2 rings (SSSR count). The third-order valence-corrected chi connectivity index (χ3v) is 4.31. The van der Waals surface area contributed by atoms with Crippen molar-refractivity contribution in [1.82, 2.24) is 10.9 Å². The molecule has 2 aromatic rings. The standard InChI is InChI=1S/C23H29N3O4/c1-15(2)13-14-30-20-11-7-18(8-12-20)23(29)26-25-22(28)17-5-9-19(10-6-17)24-21(27)16(3)4/h5-12,15-16H,13-14H2,1-4H3,(H,24,27)(H,25,28)(H,26,29). The Kier molecular flexibility index (Phi) is 8.41. The first kappa shape index (κ1) is 22.9. The van der Waals surface area contributed by atoms with Crippen LogP contribution in [0.4, 0.5) is 5.69 Å². The van der Waals surface area contributed by atoms with Gasteiger partial charge in [-0.05, 0) is 60.9 Å². The lowest BCUT2D eigenvalue weighted by molar-refractivity contribution is -0.118. The lowest BCUT2D eigenvalue weighted by atomic mass is 10.1. The zero-order valence-corrected chi connectivity index (χ0v) is 17.8. The summed E-state index contributed by atoms with van der Waals surface area (Å²) >= 11 is 0. The molecule has 7 heteroatoms. The molecule has 2 aromatic carbocycles. The summed E-state index contributed by atoms with van der Waals surface area (Å²) in [5.74, 6) is 0.130. The summed E-state index contributed by atoms with van der Waals surface area (Å²) < 4.78 is 5.63. The minimum Gasteiger partial charge on any atom is -0.494 e. The van der Waals surface area contributed by atoms with Crippen LogP contribution in [-0.2, 0) is 4.79 Å². The fourth-order valence-corrected chi connectivity index (χ4v) is 2.36. The maximum absolute atomic E-state index is 12.2. The van der Waals surface area contributed by atoms with Gasteiger partial charge in [0, 0.05) is 22.7 Å². The van der Waals surface area contributed by atoms with Crippen LogP contribution in [-0.4, -0.2) is 24.3 Å². The Hall–Kier alpha value is -3.35. The number of ether oxygens (including phenoxy) is 1. The van der Waals surface area contributed by atoms with Crippen molar-refractivity contribution in [3.8, 4) is 5.75 Å². The second-order valence-electron chi connectivity index (χ2n) is 7.68. The molecule has 0 radical (unpaired) electrons. The van der Waals surface area contributed by atoms with Crippen LogP contribution >= 0.6 is 0 Å². The molecule has 0 aliphatic rings. The van der Waals surface area contributed by atoms with Crippen LogP contribution < -0.4 is 20.9 Å². The van der Waals surface area contributed by atoms with Crippen LogP contribution in [0.2, 0.25) is 0 Å². The lowest BCUT2D eigenvalue weighted by Crippen LogP contribution is -2.41. The van der Waals surface area contributed by atoms with Gasteiger partial charge in [-0.2, -0.15) is 0 Å². The van der Waals surface area contributed by atoms with E-state index in [1.54, 1.807) is 62.4 Å². The molecule has 0 saturated heterocycles. The van der Waals surface area contributed by atoms with Gasteiger partial charge in [0.2, 0.25) is 5.91 Å². The summed E-state index contributed by atoms with van der Waals surface area (Å²) in [5.41, 5.74) is 6.12. The smallest absolute Gasteiger partial charge is 0.269 e. The van der Waals surface area contributed by atoms with Gasteiger partial charge in [0.25, 0.3) is 11.8 Å². The predicted molar refractivity (Wildman–Crippen MR) is 116 cm³/mol. The van der Waals surface area contributed by atoms with Crippen molar-refractivity contribution in [1.29, 1.82) is 0 Å². The third-order valence-electron chi connectivity index (χ3n) is 4.31. The van der Waals surface area contributed by atoms with Crippen LogP contribution in [0.1, 0.15) is 54.8 Å². The first-order valence-electron chi connectivity index (χ1n) is 10.0. The first-order valence-corrected chi connectivity index (χ1v) is 10.0. The van der Waals surface area contributed by atoms with Crippen molar-refractivity contribution >= 4 is 23.4 Å². The fourth-order valence-electron chi connectivity index (χ4n) is 2.36. The Labute approximate surface area is 177 Å². The number of benzene rings is 2. The van der Waals surface area contributed by atoms with E-state index >= 15 is 0 Å². The highest BCUT2D eigenvalue weighted by atomic mass is 16.5. The van der Waals surface area contributed by atoms with Gasteiger partial charge in [-0.1, -0.05) is 27.7 Å². The molecule has 0 fully saturated rings. The first-order chi connectivity index (χ1) is 14.3. The molecule has 3 N–H and O–H groups in total. The molecule has 0 unspecified atom stereocenters. The van der Waals surface area contributed by atoms with Crippen LogP contribution in [0.15, 0.2) is 48.5 Å². The van der Waals surface area contributed by atoms with Gasteiger partial charge in [0.05, 0.1) is 6.61 Å². The Morgan fingerprint density at radius 3 is 1.77 bits per heavy atom. The molecular weight excluding hydrogens is 382 g/mol. The molecule has 0 spiro atoms. The van der Waals surface area contributed by atoms with Gasteiger partial charge in [-0.3, -0.25) is 25.2 Å². The van der Waals surface area contributed by atoms with Crippen molar-refractivity contribution in [2.75, 3.05) is 11.9 Å². The largest absolute Gasteiger partial charge is 0.494 e. The van der Waals surface area contributed by atoms with Crippen molar-refractivity contribution in [2.24, 2.45) is 11.8 Å². The lowest BCUT2D eigenvalue weighted by Gasteiger charge is -2.10. The van der Waals surface area contributed by atoms with E-state index in [2.05, 4.69) is 30.0 Å². The average Bonchev–Trinajstić information content (AvgIpc) is 2.72. The van der Waals surface area contributed by atoms with Crippen molar-refractivity contribution in [3.05, 3.63) is 59.7 Å². The molecule has 30 heavy (non-hydrogen) atoms. The number of nitrogens with one attached hydrogen (secondary N) is 3. The highest BCUT2D eigenvalue weighted by Crippen LogP contribution is 2.14. The SMILES string of the molecule is CC(C)CCOc1ccc(C(=O)NNC(=O)c2ccc(NC(=O)C(C)C)cc2)cc1. The van der Waals surface area contributed by atoms with E-state index in [0.717, 1.165) is 6.42 Å². The van der Waals surface area contributed by atoms with Crippen molar-refractivity contribution in [3.63, 3.8) is 0 Å². The minimum atomic E-state index is -0.460. The predicted octanol–water partition coefficient (Wildman–Crippen LogP) is 3.78. The second kappa shape index (κ2) is 11.0. The normalized spacial score (nSPS) is 10.6. The summed E-state index contributed by atoms with van der Waals surface area (Å²) in [7, 11) is 0. The Morgan fingerprint density at radius 2 is 1.30 bits per heavy atom. The molecule has 7 nitrogen and oxygen atoms in total. The number of hydrogen-bond donors (Lipinski definition) is 3. The number of carbonyl (C=O) groups is 3. The molecule has 3 amide bonds. The number of hydrogen-bond acceptors (Lipinski definition) is 4. The summed E-state index contributed by atoms with van der Waals surface area (Å²) in [4.78, 5) is 36.1.